The number of nitrogens with zero attached hydrogens (tertiary/aromatic N) is 2. The molecule has 0 fully saturated rings. The van der Waals surface area contributed by atoms with Gasteiger partial charge in [-0.25, -0.2) is 0 Å². The third-order valence-corrected chi connectivity index (χ3v) is 4.80. The Hall–Kier alpha value is -3.34. The van der Waals surface area contributed by atoms with Crippen molar-refractivity contribution >= 4 is 17.3 Å². The molecule has 5 nitrogen and oxygen atoms in total. The molecule has 0 saturated carbocycles. The molecule has 5 heteroatoms. The minimum Gasteiger partial charge on any atom is -0.497 e. The molecule has 27 heavy (non-hydrogen) atoms. The van der Waals surface area contributed by atoms with Gasteiger partial charge in [-0.3, -0.25) is 9.78 Å². The molecule has 1 aliphatic heterocycles. The van der Waals surface area contributed by atoms with Gasteiger partial charge < -0.3 is 15.0 Å². The Balaban J connectivity index is 1.46. The summed E-state index contributed by atoms with van der Waals surface area (Å²) in [4.78, 5) is 19.1. The van der Waals surface area contributed by atoms with E-state index in [1.54, 1.807) is 13.3 Å². The molecule has 1 amide bonds. The molecular formula is C22H21N3O2. The minimum atomic E-state index is -0.132. The molecule has 0 bridgehead atoms. The lowest BCUT2D eigenvalue weighted by molar-refractivity contribution is 0.0950. The first-order chi connectivity index (χ1) is 13.2. The van der Waals surface area contributed by atoms with E-state index in [1.165, 1.54) is 11.3 Å². The van der Waals surface area contributed by atoms with E-state index in [2.05, 4.69) is 33.4 Å². The fourth-order valence-electron chi connectivity index (χ4n) is 3.33. The molecule has 2 aromatic carbocycles. The van der Waals surface area contributed by atoms with E-state index >= 15 is 0 Å². The molecule has 3 aromatic rings. The number of carbonyl (C=O) groups is 1. The molecular weight excluding hydrogens is 338 g/mol. The van der Waals surface area contributed by atoms with E-state index in [1.807, 2.05) is 42.6 Å². The van der Waals surface area contributed by atoms with Crippen molar-refractivity contribution in [2.45, 2.75) is 13.0 Å². The van der Waals surface area contributed by atoms with Crippen LogP contribution in [0.15, 0.2) is 67.0 Å². The maximum Gasteiger partial charge on any atom is 0.253 e. The molecule has 2 heterocycles. The summed E-state index contributed by atoms with van der Waals surface area (Å²) < 4.78 is 5.15. The number of rotatable bonds is 5. The Bertz CT molecular complexity index is 954. The molecule has 0 radical (unpaired) electrons. The summed E-state index contributed by atoms with van der Waals surface area (Å²) in [5.41, 5.74) is 5.03. The van der Waals surface area contributed by atoms with Crippen LogP contribution in [0, 0.1) is 0 Å². The molecule has 1 aliphatic rings. The number of ether oxygens (including phenoxy) is 1. The van der Waals surface area contributed by atoms with E-state index < -0.39 is 0 Å². The normalized spacial score (nSPS) is 12.6. The summed E-state index contributed by atoms with van der Waals surface area (Å²) in [7, 11) is 1.63. The highest BCUT2D eigenvalue weighted by Gasteiger charge is 2.20. The van der Waals surface area contributed by atoms with Gasteiger partial charge in [-0.1, -0.05) is 30.3 Å². The molecule has 0 saturated heterocycles. The standard InChI is InChI=1S/C22H21N3O2/c1-27-20-8-6-16(7-9-20)13-24-22(26)18-12-19(15-23-14-18)25-11-10-17-4-2-3-5-21(17)25/h2-9,12,14-15H,10-11,13H2,1H3,(H,24,26). The number of anilines is 2. The Morgan fingerprint density at radius 1 is 1.15 bits per heavy atom. The molecule has 1 aromatic heterocycles. The van der Waals surface area contributed by atoms with Crippen LogP contribution in [0.3, 0.4) is 0 Å². The van der Waals surface area contributed by atoms with E-state index in [4.69, 9.17) is 4.74 Å². The molecule has 4 rings (SSSR count). The van der Waals surface area contributed by atoms with Crippen molar-refractivity contribution in [1.29, 1.82) is 0 Å². The number of aromatic nitrogens is 1. The first-order valence-electron chi connectivity index (χ1n) is 8.96. The average molecular weight is 359 g/mol. The van der Waals surface area contributed by atoms with E-state index in [9.17, 15) is 4.79 Å². The van der Waals surface area contributed by atoms with Crippen molar-refractivity contribution in [3.63, 3.8) is 0 Å². The summed E-state index contributed by atoms with van der Waals surface area (Å²) in [6.45, 7) is 1.36. The highest BCUT2D eigenvalue weighted by Crippen LogP contribution is 2.34. The van der Waals surface area contributed by atoms with E-state index in [-0.39, 0.29) is 5.91 Å². The molecule has 0 spiro atoms. The predicted molar refractivity (Wildman–Crippen MR) is 106 cm³/mol. The maximum atomic E-state index is 12.6. The van der Waals surface area contributed by atoms with Gasteiger partial charge in [-0.05, 0) is 41.8 Å². The van der Waals surface area contributed by atoms with Gasteiger partial charge >= 0.3 is 0 Å². The number of hydrogen-bond donors (Lipinski definition) is 1. The maximum absolute atomic E-state index is 12.6. The number of para-hydroxylation sites is 1. The number of carbonyl (C=O) groups excluding carboxylic acids is 1. The Kier molecular flexibility index (Phi) is 4.75. The summed E-state index contributed by atoms with van der Waals surface area (Å²) >= 11 is 0. The van der Waals surface area contributed by atoms with Gasteiger partial charge in [0.05, 0.1) is 24.6 Å². The van der Waals surface area contributed by atoms with Crippen molar-refractivity contribution in [2.75, 3.05) is 18.6 Å². The Labute approximate surface area is 158 Å². The number of fused-ring (bicyclic) bond motifs is 1. The zero-order valence-electron chi connectivity index (χ0n) is 15.2. The van der Waals surface area contributed by atoms with Crippen LogP contribution in [0.1, 0.15) is 21.5 Å². The van der Waals surface area contributed by atoms with Crippen LogP contribution in [0.4, 0.5) is 11.4 Å². The third-order valence-electron chi connectivity index (χ3n) is 4.80. The average Bonchev–Trinajstić information content (AvgIpc) is 3.16. The lowest BCUT2D eigenvalue weighted by atomic mass is 10.2. The lowest BCUT2D eigenvalue weighted by Gasteiger charge is -2.19. The second-order valence-corrected chi connectivity index (χ2v) is 6.49. The van der Waals surface area contributed by atoms with Crippen LogP contribution in [0.2, 0.25) is 0 Å². The number of methoxy groups -OCH3 is 1. The fraction of sp³-hybridized carbons (Fsp3) is 0.182. The second-order valence-electron chi connectivity index (χ2n) is 6.49. The van der Waals surface area contributed by atoms with Crippen LogP contribution in [-0.4, -0.2) is 24.5 Å². The van der Waals surface area contributed by atoms with Crippen LogP contribution in [0.5, 0.6) is 5.75 Å². The van der Waals surface area contributed by atoms with Gasteiger partial charge in [0, 0.05) is 25.0 Å². The second kappa shape index (κ2) is 7.50. The minimum absolute atomic E-state index is 0.132. The molecule has 136 valence electrons. The largest absolute Gasteiger partial charge is 0.497 e. The van der Waals surface area contributed by atoms with E-state index in [0.717, 1.165) is 30.0 Å². The van der Waals surface area contributed by atoms with Crippen LogP contribution in [-0.2, 0) is 13.0 Å². The van der Waals surface area contributed by atoms with Gasteiger partial charge in [-0.15, -0.1) is 0 Å². The number of amides is 1. The molecule has 1 N–H and O–H groups in total. The Morgan fingerprint density at radius 2 is 1.96 bits per heavy atom. The molecule has 0 atom stereocenters. The zero-order valence-corrected chi connectivity index (χ0v) is 15.2. The number of benzene rings is 2. The number of pyridine rings is 1. The topological polar surface area (TPSA) is 54.5 Å². The van der Waals surface area contributed by atoms with Crippen molar-refractivity contribution < 1.29 is 9.53 Å². The number of hydrogen-bond acceptors (Lipinski definition) is 4. The van der Waals surface area contributed by atoms with Gasteiger partial charge in [0.25, 0.3) is 5.91 Å². The summed E-state index contributed by atoms with van der Waals surface area (Å²) in [6.07, 6.45) is 4.42. The highest BCUT2D eigenvalue weighted by molar-refractivity contribution is 5.95. The van der Waals surface area contributed by atoms with Gasteiger partial charge in [-0.2, -0.15) is 0 Å². The van der Waals surface area contributed by atoms with E-state index in [0.29, 0.717) is 12.1 Å². The predicted octanol–water partition coefficient (Wildman–Crippen LogP) is 3.71. The highest BCUT2D eigenvalue weighted by atomic mass is 16.5. The quantitative estimate of drug-likeness (QED) is 0.754. The van der Waals surface area contributed by atoms with Crippen LogP contribution >= 0.6 is 0 Å². The third kappa shape index (κ3) is 3.62. The monoisotopic (exact) mass is 359 g/mol. The SMILES string of the molecule is COc1ccc(CNC(=O)c2cncc(N3CCc4ccccc43)c2)cc1. The summed E-state index contributed by atoms with van der Waals surface area (Å²) in [5.74, 6) is 0.667. The van der Waals surface area contributed by atoms with Crippen LogP contribution in [0.25, 0.3) is 0 Å². The zero-order chi connectivity index (χ0) is 18.6. The van der Waals surface area contributed by atoms with Gasteiger partial charge in [0.1, 0.15) is 5.75 Å². The van der Waals surface area contributed by atoms with Crippen LogP contribution < -0.4 is 15.0 Å². The summed E-state index contributed by atoms with van der Waals surface area (Å²) in [6, 6.07) is 17.9. The smallest absolute Gasteiger partial charge is 0.253 e. The number of nitrogens with one attached hydrogen (secondary N) is 1. The van der Waals surface area contributed by atoms with Crippen molar-refractivity contribution in [2.24, 2.45) is 0 Å². The first-order valence-corrected chi connectivity index (χ1v) is 8.96. The Morgan fingerprint density at radius 3 is 2.78 bits per heavy atom. The summed E-state index contributed by atoms with van der Waals surface area (Å²) in [5, 5.41) is 2.95. The van der Waals surface area contributed by atoms with Crippen molar-refractivity contribution in [3.8, 4) is 5.75 Å². The van der Waals surface area contributed by atoms with Gasteiger partial charge in [0.2, 0.25) is 0 Å². The molecule has 0 aliphatic carbocycles. The van der Waals surface area contributed by atoms with Crippen molar-refractivity contribution in [1.82, 2.24) is 10.3 Å². The lowest BCUT2D eigenvalue weighted by Crippen LogP contribution is -2.23. The molecule has 0 unspecified atom stereocenters. The fourth-order valence-corrected chi connectivity index (χ4v) is 3.33. The first kappa shape index (κ1) is 17.1. The van der Waals surface area contributed by atoms with Gasteiger partial charge in [0.15, 0.2) is 0 Å². The van der Waals surface area contributed by atoms with Crippen molar-refractivity contribution in [3.05, 3.63) is 83.7 Å².